The number of hydrogen-bond acceptors (Lipinski definition) is 1. The van der Waals surface area contributed by atoms with Crippen molar-refractivity contribution >= 4 is 0 Å². The molecule has 1 unspecified atom stereocenters. The van der Waals surface area contributed by atoms with E-state index in [0.717, 1.165) is 6.54 Å². The van der Waals surface area contributed by atoms with Crippen molar-refractivity contribution in [3.05, 3.63) is 24.3 Å². The van der Waals surface area contributed by atoms with Crippen molar-refractivity contribution in [2.24, 2.45) is 16.7 Å². The molecule has 1 atom stereocenters. The Kier molecular flexibility index (Phi) is 6.18. The average Bonchev–Trinajstić information content (AvgIpc) is 2.17. The Balaban J connectivity index is 0.00000121. The van der Waals surface area contributed by atoms with Gasteiger partial charge in [0.15, 0.2) is 0 Å². The van der Waals surface area contributed by atoms with E-state index in [1.54, 1.807) is 0 Å². The Morgan fingerprint density at radius 1 is 1.12 bits per heavy atom. The molecule has 0 aromatic rings. The molecule has 0 aromatic carbocycles. The van der Waals surface area contributed by atoms with Gasteiger partial charge in [0.05, 0.1) is 0 Å². The minimum absolute atomic E-state index is 0.272. The van der Waals surface area contributed by atoms with Crippen molar-refractivity contribution in [1.29, 1.82) is 0 Å². The predicted molar refractivity (Wildman–Crippen MR) is 79.2 cm³/mol. The lowest BCUT2D eigenvalue weighted by atomic mass is 9.63. The molecule has 1 heteroatoms. The molecule has 0 aliphatic heterocycles. The van der Waals surface area contributed by atoms with E-state index in [1.807, 2.05) is 13.8 Å². The molecule has 1 rings (SSSR count). The van der Waals surface area contributed by atoms with Crippen molar-refractivity contribution in [2.45, 2.75) is 41.5 Å². The molecule has 0 fully saturated rings. The summed E-state index contributed by atoms with van der Waals surface area (Å²) in [6.45, 7) is 14.5. The first-order valence-corrected chi connectivity index (χ1v) is 6.76. The van der Waals surface area contributed by atoms with E-state index < -0.39 is 0 Å². The predicted octanol–water partition coefficient (Wildman–Crippen LogP) is 4.37. The minimum atomic E-state index is 0.272. The fraction of sp³-hybridized carbons (Fsp3) is 0.750. The lowest BCUT2D eigenvalue weighted by Crippen LogP contribution is -2.41. The molecule has 0 aromatic heterocycles. The normalized spacial score (nSPS) is 22.3. The molecule has 0 N–H and O–H groups in total. The van der Waals surface area contributed by atoms with Crippen LogP contribution in [0.3, 0.4) is 0 Å². The van der Waals surface area contributed by atoms with E-state index in [-0.39, 0.29) is 5.41 Å². The lowest BCUT2D eigenvalue weighted by molar-refractivity contribution is 0.113. The molecule has 0 heterocycles. The first-order chi connectivity index (χ1) is 7.76. The van der Waals surface area contributed by atoms with E-state index in [9.17, 15) is 0 Å². The third-order valence-electron chi connectivity index (χ3n) is 3.31. The van der Waals surface area contributed by atoms with Crippen LogP contribution in [0.2, 0.25) is 0 Å². The third kappa shape index (κ3) is 4.67. The van der Waals surface area contributed by atoms with E-state index in [2.05, 4.69) is 71.0 Å². The van der Waals surface area contributed by atoms with Gasteiger partial charge in [-0.15, -0.1) is 0 Å². The molecule has 1 nitrogen and oxygen atoms in total. The van der Waals surface area contributed by atoms with Gasteiger partial charge in [-0.1, -0.05) is 65.8 Å². The zero-order valence-corrected chi connectivity index (χ0v) is 13.0. The first-order valence-electron chi connectivity index (χ1n) is 6.76. The average molecular weight is 237 g/mol. The van der Waals surface area contributed by atoms with Crippen LogP contribution >= 0.6 is 0 Å². The van der Waals surface area contributed by atoms with Crippen LogP contribution in [-0.4, -0.2) is 25.5 Å². The molecule has 0 radical (unpaired) electrons. The minimum Gasteiger partial charge on any atom is -0.309 e. The van der Waals surface area contributed by atoms with Crippen molar-refractivity contribution in [1.82, 2.24) is 4.90 Å². The third-order valence-corrected chi connectivity index (χ3v) is 3.31. The van der Waals surface area contributed by atoms with Crippen molar-refractivity contribution in [2.75, 3.05) is 20.6 Å². The van der Waals surface area contributed by atoms with Crippen LogP contribution in [0.15, 0.2) is 24.3 Å². The van der Waals surface area contributed by atoms with Crippen molar-refractivity contribution in [3.63, 3.8) is 0 Å². The summed E-state index contributed by atoms with van der Waals surface area (Å²) in [6, 6.07) is 0. The fourth-order valence-electron chi connectivity index (χ4n) is 3.01. The van der Waals surface area contributed by atoms with Gasteiger partial charge in [-0.05, 0) is 30.8 Å². The number of nitrogens with zero attached hydrogens (tertiary/aromatic N) is 1. The maximum absolute atomic E-state index is 2.36. The first kappa shape index (κ1) is 16.4. The Morgan fingerprint density at radius 2 is 1.65 bits per heavy atom. The molecule has 0 bridgehead atoms. The molecule has 1 aliphatic rings. The SMILES string of the molecule is CC.CN(C)CC(C)(C)C1C=CC=CC1(C)C. The summed E-state index contributed by atoms with van der Waals surface area (Å²) in [5, 5.41) is 0. The lowest BCUT2D eigenvalue weighted by Gasteiger charge is -2.44. The Bertz CT molecular complexity index is 269. The molecular weight excluding hydrogens is 206 g/mol. The fourth-order valence-corrected chi connectivity index (χ4v) is 3.01. The molecule has 0 saturated heterocycles. The second-order valence-corrected chi connectivity index (χ2v) is 6.27. The Labute approximate surface area is 109 Å². The van der Waals surface area contributed by atoms with Crippen LogP contribution in [0.1, 0.15) is 41.5 Å². The standard InChI is InChI=1S/C14H25N.C2H6/c1-13(2)10-8-7-9-12(13)14(3,4)11-15(5)6;1-2/h7-10,12H,11H2,1-6H3;1-2H3. The Morgan fingerprint density at radius 3 is 2.06 bits per heavy atom. The second kappa shape index (κ2) is 6.39. The quantitative estimate of drug-likeness (QED) is 0.704. The summed E-state index contributed by atoms with van der Waals surface area (Å²) in [4.78, 5) is 2.28. The van der Waals surface area contributed by atoms with Gasteiger partial charge < -0.3 is 4.90 Å². The van der Waals surface area contributed by atoms with Crippen LogP contribution in [-0.2, 0) is 0 Å². The van der Waals surface area contributed by atoms with E-state index in [0.29, 0.717) is 11.3 Å². The summed E-state index contributed by atoms with van der Waals surface area (Å²) < 4.78 is 0. The second-order valence-electron chi connectivity index (χ2n) is 6.27. The smallest absolute Gasteiger partial charge is 0.00325 e. The molecule has 1 aliphatic carbocycles. The summed E-state index contributed by atoms with van der Waals surface area (Å²) in [7, 11) is 4.30. The van der Waals surface area contributed by atoms with Crippen LogP contribution in [0.25, 0.3) is 0 Å². The molecule has 0 saturated carbocycles. The largest absolute Gasteiger partial charge is 0.309 e. The monoisotopic (exact) mass is 237 g/mol. The highest BCUT2D eigenvalue weighted by Crippen LogP contribution is 2.44. The van der Waals surface area contributed by atoms with Gasteiger partial charge in [0, 0.05) is 6.54 Å². The van der Waals surface area contributed by atoms with Gasteiger partial charge in [-0.3, -0.25) is 0 Å². The summed E-state index contributed by atoms with van der Waals surface area (Å²) in [6.07, 6.45) is 9.05. The van der Waals surface area contributed by atoms with Crippen molar-refractivity contribution in [3.8, 4) is 0 Å². The highest BCUT2D eigenvalue weighted by Gasteiger charge is 2.38. The van der Waals surface area contributed by atoms with E-state index in [4.69, 9.17) is 0 Å². The zero-order valence-electron chi connectivity index (χ0n) is 13.0. The number of allylic oxidation sites excluding steroid dienone is 4. The van der Waals surface area contributed by atoms with E-state index >= 15 is 0 Å². The van der Waals surface area contributed by atoms with E-state index in [1.165, 1.54) is 0 Å². The molecule has 17 heavy (non-hydrogen) atoms. The maximum atomic E-state index is 2.36. The summed E-state index contributed by atoms with van der Waals surface area (Å²) in [5.41, 5.74) is 0.586. The maximum Gasteiger partial charge on any atom is 0.00325 e. The van der Waals surface area contributed by atoms with Gasteiger partial charge in [0.2, 0.25) is 0 Å². The summed E-state index contributed by atoms with van der Waals surface area (Å²) >= 11 is 0. The van der Waals surface area contributed by atoms with Crippen molar-refractivity contribution < 1.29 is 0 Å². The number of rotatable bonds is 3. The topological polar surface area (TPSA) is 3.24 Å². The van der Waals surface area contributed by atoms with Gasteiger partial charge in [0.1, 0.15) is 0 Å². The highest BCUT2D eigenvalue weighted by atomic mass is 15.1. The zero-order chi connectivity index (χ0) is 13.7. The van der Waals surface area contributed by atoms with Crippen LogP contribution in [0.4, 0.5) is 0 Å². The Hall–Kier alpha value is -0.560. The molecule has 0 amide bonds. The van der Waals surface area contributed by atoms with Crippen LogP contribution in [0.5, 0.6) is 0 Å². The van der Waals surface area contributed by atoms with Gasteiger partial charge in [-0.25, -0.2) is 0 Å². The molecule has 100 valence electrons. The number of hydrogen-bond donors (Lipinski definition) is 0. The summed E-state index contributed by atoms with van der Waals surface area (Å²) in [5.74, 6) is 0.609. The molecule has 0 spiro atoms. The van der Waals surface area contributed by atoms with Gasteiger partial charge >= 0.3 is 0 Å². The molecular formula is C16H31N. The van der Waals surface area contributed by atoms with Gasteiger partial charge in [0.25, 0.3) is 0 Å². The van der Waals surface area contributed by atoms with Crippen LogP contribution < -0.4 is 0 Å². The van der Waals surface area contributed by atoms with Gasteiger partial charge in [-0.2, -0.15) is 0 Å². The highest BCUT2D eigenvalue weighted by molar-refractivity contribution is 5.20. The van der Waals surface area contributed by atoms with Crippen LogP contribution in [0, 0.1) is 16.7 Å².